The first kappa shape index (κ1) is 16.0. The van der Waals surface area contributed by atoms with E-state index in [1.54, 1.807) is 0 Å². The summed E-state index contributed by atoms with van der Waals surface area (Å²) in [5, 5.41) is 11.7. The van der Waals surface area contributed by atoms with Gasteiger partial charge in [-0.2, -0.15) is 0 Å². The number of carboxylic acids is 1. The van der Waals surface area contributed by atoms with Gasteiger partial charge in [0.05, 0.1) is 6.04 Å². The number of likely N-dealkylation sites (tertiary alicyclic amines) is 1. The number of amides is 1. The van der Waals surface area contributed by atoms with Gasteiger partial charge in [-0.15, -0.1) is 0 Å². The number of rotatable bonds is 8. The largest absolute Gasteiger partial charge is 0.481 e. The molecule has 0 aromatic carbocycles. The molecule has 0 aliphatic carbocycles. The second-order valence-corrected chi connectivity index (χ2v) is 5.27. The molecule has 0 spiro atoms. The van der Waals surface area contributed by atoms with Crippen LogP contribution in [0.3, 0.4) is 0 Å². The summed E-state index contributed by atoms with van der Waals surface area (Å²) >= 11 is 0. The van der Waals surface area contributed by atoms with Crippen molar-refractivity contribution >= 4 is 11.9 Å². The van der Waals surface area contributed by atoms with E-state index in [2.05, 4.69) is 5.32 Å². The number of carbonyl (C=O) groups excluding carboxylic acids is 1. The van der Waals surface area contributed by atoms with Gasteiger partial charge in [-0.05, 0) is 45.6 Å². The highest BCUT2D eigenvalue weighted by molar-refractivity contribution is 5.81. The third kappa shape index (κ3) is 6.57. The van der Waals surface area contributed by atoms with Crippen molar-refractivity contribution in [2.45, 2.75) is 57.9 Å². The molecule has 1 aliphatic heterocycles. The highest BCUT2D eigenvalue weighted by atomic mass is 16.4. The Morgan fingerprint density at radius 2 is 1.84 bits per heavy atom. The predicted molar refractivity (Wildman–Crippen MR) is 74.0 cm³/mol. The molecule has 0 aromatic rings. The van der Waals surface area contributed by atoms with Crippen LogP contribution < -0.4 is 5.32 Å². The summed E-state index contributed by atoms with van der Waals surface area (Å²) in [5.41, 5.74) is 0. The lowest BCUT2D eigenvalue weighted by Gasteiger charge is -2.29. The first-order valence-electron chi connectivity index (χ1n) is 7.35. The topological polar surface area (TPSA) is 69.6 Å². The summed E-state index contributed by atoms with van der Waals surface area (Å²) in [7, 11) is 0. The molecule has 1 rings (SSSR count). The van der Waals surface area contributed by atoms with Gasteiger partial charge >= 0.3 is 5.97 Å². The van der Waals surface area contributed by atoms with Gasteiger partial charge in [0.25, 0.3) is 0 Å². The van der Waals surface area contributed by atoms with E-state index in [9.17, 15) is 9.59 Å². The van der Waals surface area contributed by atoms with Gasteiger partial charge in [0.1, 0.15) is 0 Å². The minimum absolute atomic E-state index is 0.127. The lowest BCUT2D eigenvalue weighted by molar-refractivity contribution is -0.137. The highest BCUT2D eigenvalue weighted by Gasteiger charge is 2.21. The van der Waals surface area contributed by atoms with Crippen molar-refractivity contribution in [3.8, 4) is 0 Å². The van der Waals surface area contributed by atoms with Gasteiger partial charge < -0.3 is 15.3 Å². The number of hydrogen-bond acceptors (Lipinski definition) is 3. The van der Waals surface area contributed by atoms with Crippen LogP contribution in [0.5, 0.6) is 0 Å². The van der Waals surface area contributed by atoms with Crippen molar-refractivity contribution in [1.82, 2.24) is 10.2 Å². The fourth-order valence-electron chi connectivity index (χ4n) is 2.37. The number of carboxylic acid groups (broad SMARTS) is 1. The van der Waals surface area contributed by atoms with Gasteiger partial charge in [-0.3, -0.25) is 9.59 Å². The second-order valence-electron chi connectivity index (χ2n) is 5.27. The summed E-state index contributed by atoms with van der Waals surface area (Å²) in [6.07, 6.45) is 6.24. The fraction of sp³-hybridized carbons (Fsp3) is 0.857. The van der Waals surface area contributed by atoms with Gasteiger partial charge in [-0.25, -0.2) is 0 Å². The molecule has 1 unspecified atom stereocenters. The number of unbranched alkanes of at least 4 members (excludes halogenated alkanes) is 2. The predicted octanol–water partition coefficient (Wildman–Crippen LogP) is 1.62. The molecule has 1 amide bonds. The zero-order valence-corrected chi connectivity index (χ0v) is 11.9. The molecular weight excluding hydrogens is 244 g/mol. The maximum Gasteiger partial charge on any atom is 0.303 e. The second kappa shape index (κ2) is 8.91. The van der Waals surface area contributed by atoms with Crippen LogP contribution >= 0.6 is 0 Å². The average Bonchev–Trinajstić information content (AvgIpc) is 2.42. The number of nitrogens with one attached hydrogen (secondary N) is 1. The van der Waals surface area contributed by atoms with Crippen LogP contribution in [0.15, 0.2) is 0 Å². The standard InChI is InChI=1S/C14H26N2O3/c1-12(14(19)16-10-6-3-7-11-16)15-9-5-2-4-8-13(17)18/h12,15H,2-11H2,1H3,(H,17,18). The summed E-state index contributed by atoms with van der Waals surface area (Å²) in [6.45, 7) is 4.47. The van der Waals surface area contributed by atoms with E-state index in [4.69, 9.17) is 5.11 Å². The molecule has 1 atom stereocenters. The normalized spacial score (nSPS) is 17.2. The smallest absolute Gasteiger partial charge is 0.303 e. The Morgan fingerprint density at radius 1 is 1.16 bits per heavy atom. The van der Waals surface area contributed by atoms with Crippen molar-refractivity contribution in [1.29, 1.82) is 0 Å². The van der Waals surface area contributed by atoms with Gasteiger partial charge in [0.15, 0.2) is 0 Å². The number of nitrogens with zero attached hydrogens (tertiary/aromatic N) is 1. The maximum atomic E-state index is 12.1. The summed E-state index contributed by atoms with van der Waals surface area (Å²) in [5.74, 6) is -0.535. The monoisotopic (exact) mass is 270 g/mol. The fourth-order valence-corrected chi connectivity index (χ4v) is 2.37. The van der Waals surface area contributed by atoms with Crippen molar-refractivity contribution in [3.63, 3.8) is 0 Å². The first-order valence-corrected chi connectivity index (χ1v) is 7.35. The lowest BCUT2D eigenvalue weighted by Crippen LogP contribution is -2.47. The Bertz CT molecular complexity index is 288. The molecule has 1 heterocycles. The van der Waals surface area contributed by atoms with Crippen LogP contribution in [0.4, 0.5) is 0 Å². The molecule has 1 fully saturated rings. The Morgan fingerprint density at radius 3 is 2.47 bits per heavy atom. The SMILES string of the molecule is CC(NCCCCCC(=O)O)C(=O)N1CCCCC1. The summed E-state index contributed by atoms with van der Waals surface area (Å²) in [4.78, 5) is 24.4. The summed E-state index contributed by atoms with van der Waals surface area (Å²) in [6, 6.07) is -0.127. The van der Waals surface area contributed by atoms with Gasteiger partial charge in [0, 0.05) is 19.5 Å². The number of carbonyl (C=O) groups is 2. The number of aliphatic carboxylic acids is 1. The zero-order valence-electron chi connectivity index (χ0n) is 11.9. The van der Waals surface area contributed by atoms with Crippen LogP contribution in [0, 0.1) is 0 Å². The minimum Gasteiger partial charge on any atom is -0.481 e. The maximum absolute atomic E-state index is 12.1. The van der Waals surface area contributed by atoms with E-state index in [0.29, 0.717) is 6.42 Å². The molecule has 5 heteroatoms. The summed E-state index contributed by atoms with van der Waals surface area (Å²) < 4.78 is 0. The molecular formula is C14H26N2O3. The van der Waals surface area contributed by atoms with E-state index in [1.165, 1.54) is 6.42 Å². The quantitative estimate of drug-likeness (QED) is 0.658. The van der Waals surface area contributed by atoms with Crippen LogP contribution in [-0.2, 0) is 9.59 Å². The molecule has 110 valence electrons. The van der Waals surface area contributed by atoms with E-state index in [-0.39, 0.29) is 18.4 Å². The molecule has 5 nitrogen and oxygen atoms in total. The number of hydrogen-bond donors (Lipinski definition) is 2. The van der Waals surface area contributed by atoms with Crippen LogP contribution in [0.1, 0.15) is 51.9 Å². The third-order valence-electron chi connectivity index (χ3n) is 3.56. The van der Waals surface area contributed by atoms with Crippen molar-refractivity contribution in [2.24, 2.45) is 0 Å². The zero-order chi connectivity index (χ0) is 14.1. The van der Waals surface area contributed by atoms with Crippen LogP contribution in [-0.4, -0.2) is 47.6 Å². The number of piperidine rings is 1. The van der Waals surface area contributed by atoms with E-state index < -0.39 is 5.97 Å². The molecule has 1 saturated heterocycles. The minimum atomic E-state index is -0.735. The molecule has 1 aliphatic rings. The van der Waals surface area contributed by atoms with Crippen molar-refractivity contribution < 1.29 is 14.7 Å². The highest BCUT2D eigenvalue weighted by Crippen LogP contribution is 2.10. The lowest BCUT2D eigenvalue weighted by atomic mass is 10.1. The van der Waals surface area contributed by atoms with E-state index in [0.717, 1.165) is 45.3 Å². The molecule has 19 heavy (non-hydrogen) atoms. The molecule has 0 aromatic heterocycles. The van der Waals surface area contributed by atoms with E-state index in [1.807, 2.05) is 11.8 Å². The Kier molecular flexibility index (Phi) is 7.48. The van der Waals surface area contributed by atoms with Crippen LogP contribution in [0.2, 0.25) is 0 Å². The van der Waals surface area contributed by atoms with E-state index >= 15 is 0 Å². The Balaban J connectivity index is 2.07. The van der Waals surface area contributed by atoms with Gasteiger partial charge in [0.2, 0.25) is 5.91 Å². The Hall–Kier alpha value is -1.10. The van der Waals surface area contributed by atoms with Gasteiger partial charge in [-0.1, -0.05) is 6.42 Å². The third-order valence-corrected chi connectivity index (χ3v) is 3.56. The molecule has 0 saturated carbocycles. The Labute approximate surface area is 115 Å². The molecule has 2 N–H and O–H groups in total. The van der Waals surface area contributed by atoms with Crippen molar-refractivity contribution in [2.75, 3.05) is 19.6 Å². The molecule has 0 bridgehead atoms. The molecule has 0 radical (unpaired) electrons. The van der Waals surface area contributed by atoms with Crippen LogP contribution in [0.25, 0.3) is 0 Å². The van der Waals surface area contributed by atoms with Crippen molar-refractivity contribution in [3.05, 3.63) is 0 Å². The average molecular weight is 270 g/mol. The first-order chi connectivity index (χ1) is 9.11.